The zero-order valence-corrected chi connectivity index (χ0v) is 12.2. The van der Waals surface area contributed by atoms with Crippen LogP contribution in [0, 0.1) is 37.5 Å². The summed E-state index contributed by atoms with van der Waals surface area (Å²) in [7, 11) is 0. The monoisotopic (exact) mass is 246 g/mol. The molecule has 0 amide bonds. The molecule has 0 heterocycles. The summed E-state index contributed by atoms with van der Waals surface area (Å²) in [6.07, 6.45) is 0. The highest BCUT2D eigenvalue weighted by Crippen LogP contribution is 2.45. The SMILES string of the molecule is Cc1ccc(N)c(C)c1NCC1C(C)C(C)C1C. The van der Waals surface area contributed by atoms with Crippen LogP contribution in [0.1, 0.15) is 31.9 Å². The lowest BCUT2D eigenvalue weighted by atomic mass is 9.59. The van der Waals surface area contributed by atoms with Crippen LogP contribution in [0.2, 0.25) is 0 Å². The Morgan fingerprint density at radius 1 is 1.06 bits per heavy atom. The Morgan fingerprint density at radius 3 is 2.28 bits per heavy atom. The highest BCUT2D eigenvalue weighted by atomic mass is 14.9. The molecule has 2 rings (SSSR count). The number of benzene rings is 1. The Hall–Kier alpha value is -1.18. The smallest absolute Gasteiger partial charge is 0.0420 e. The molecular weight excluding hydrogens is 220 g/mol. The topological polar surface area (TPSA) is 38.0 Å². The first-order chi connectivity index (χ1) is 8.43. The lowest BCUT2D eigenvalue weighted by Gasteiger charge is -2.48. The van der Waals surface area contributed by atoms with Crippen molar-refractivity contribution in [3.8, 4) is 0 Å². The molecule has 0 aromatic heterocycles. The summed E-state index contributed by atoms with van der Waals surface area (Å²) in [4.78, 5) is 0. The van der Waals surface area contributed by atoms with Crippen molar-refractivity contribution in [1.29, 1.82) is 0 Å². The van der Waals surface area contributed by atoms with Crippen LogP contribution < -0.4 is 11.1 Å². The minimum atomic E-state index is 0.792. The van der Waals surface area contributed by atoms with Gasteiger partial charge in [0.2, 0.25) is 0 Å². The molecule has 2 heteroatoms. The largest absolute Gasteiger partial charge is 0.398 e. The van der Waals surface area contributed by atoms with E-state index in [1.165, 1.54) is 16.8 Å². The molecule has 1 aliphatic carbocycles. The second-order valence-corrected chi connectivity index (χ2v) is 6.09. The lowest BCUT2D eigenvalue weighted by Crippen LogP contribution is -2.45. The second-order valence-electron chi connectivity index (χ2n) is 6.09. The summed E-state index contributed by atoms with van der Waals surface area (Å²) in [5, 5.41) is 3.63. The third-order valence-electron chi connectivity index (χ3n) is 5.24. The lowest BCUT2D eigenvalue weighted by molar-refractivity contribution is 0.0258. The maximum atomic E-state index is 5.98. The molecule has 100 valence electrons. The van der Waals surface area contributed by atoms with E-state index < -0.39 is 0 Å². The Bertz CT molecular complexity index is 429. The van der Waals surface area contributed by atoms with Gasteiger partial charge < -0.3 is 11.1 Å². The molecule has 2 nitrogen and oxygen atoms in total. The van der Waals surface area contributed by atoms with E-state index in [0.717, 1.165) is 35.9 Å². The van der Waals surface area contributed by atoms with Gasteiger partial charge in [-0.25, -0.2) is 0 Å². The molecule has 2 unspecified atom stereocenters. The molecule has 1 aromatic carbocycles. The first-order valence-corrected chi connectivity index (χ1v) is 7.03. The standard InChI is InChI=1S/C16H26N2/c1-9-6-7-15(17)13(5)16(9)18-8-14-11(3)10(2)12(14)4/h6-7,10-12,14,18H,8,17H2,1-5H3. The van der Waals surface area contributed by atoms with Crippen LogP contribution in [-0.2, 0) is 0 Å². The summed E-state index contributed by atoms with van der Waals surface area (Å²) >= 11 is 0. The number of hydrogen-bond acceptors (Lipinski definition) is 2. The van der Waals surface area contributed by atoms with Crippen LogP contribution in [0.3, 0.4) is 0 Å². The number of nitrogens with one attached hydrogen (secondary N) is 1. The number of anilines is 2. The first-order valence-electron chi connectivity index (χ1n) is 7.03. The summed E-state index contributed by atoms with van der Waals surface area (Å²) in [5.74, 6) is 3.31. The Balaban J connectivity index is 2.05. The first kappa shape index (κ1) is 13.3. The number of nitrogen functional groups attached to an aromatic ring is 1. The van der Waals surface area contributed by atoms with E-state index >= 15 is 0 Å². The average Bonchev–Trinajstić information content (AvgIpc) is 2.37. The highest BCUT2D eigenvalue weighted by Gasteiger charge is 2.41. The van der Waals surface area contributed by atoms with Crippen LogP contribution in [0.25, 0.3) is 0 Å². The van der Waals surface area contributed by atoms with Crippen LogP contribution in [0.4, 0.5) is 11.4 Å². The Morgan fingerprint density at radius 2 is 1.67 bits per heavy atom. The summed E-state index contributed by atoms with van der Waals surface area (Å²) in [6.45, 7) is 12.4. The summed E-state index contributed by atoms with van der Waals surface area (Å²) in [6, 6.07) is 4.09. The van der Waals surface area contributed by atoms with Crippen molar-refractivity contribution in [2.24, 2.45) is 23.7 Å². The molecule has 0 saturated heterocycles. The van der Waals surface area contributed by atoms with E-state index in [1.807, 2.05) is 6.07 Å². The number of hydrogen-bond donors (Lipinski definition) is 2. The van der Waals surface area contributed by atoms with Gasteiger partial charge in [0.25, 0.3) is 0 Å². The van der Waals surface area contributed by atoms with Gasteiger partial charge in [-0.1, -0.05) is 26.8 Å². The summed E-state index contributed by atoms with van der Waals surface area (Å²) in [5.41, 5.74) is 10.6. The van der Waals surface area contributed by atoms with Gasteiger partial charge in [-0.05, 0) is 54.7 Å². The summed E-state index contributed by atoms with van der Waals surface area (Å²) < 4.78 is 0. The predicted octanol–water partition coefficient (Wildman–Crippen LogP) is 3.84. The van der Waals surface area contributed by atoms with Crippen LogP contribution >= 0.6 is 0 Å². The fraction of sp³-hybridized carbons (Fsp3) is 0.625. The van der Waals surface area contributed by atoms with E-state index in [2.05, 4.69) is 46.0 Å². The quantitative estimate of drug-likeness (QED) is 0.795. The molecule has 1 saturated carbocycles. The normalized spacial score (nSPS) is 30.9. The van der Waals surface area contributed by atoms with Gasteiger partial charge in [-0.15, -0.1) is 0 Å². The highest BCUT2D eigenvalue weighted by molar-refractivity contribution is 5.66. The minimum absolute atomic E-state index is 0.792. The van der Waals surface area contributed by atoms with Gasteiger partial charge in [0.1, 0.15) is 0 Å². The third-order valence-corrected chi connectivity index (χ3v) is 5.24. The zero-order chi connectivity index (χ0) is 13.4. The molecule has 3 N–H and O–H groups in total. The van der Waals surface area contributed by atoms with Gasteiger partial charge in [0, 0.05) is 17.9 Å². The van der Waals surface area contributed by atoms with Crippen LogP contribution in [0.15, 0.2) is 12.1 Å². The number of nitrogens with two attached hydrogens (primary N) is 1. The Labute approximate surface area is 111 Å². The van der Waals surface area contributed by atoms with Gasteiger partial charge in [-0.2, -0.15) is 0 Å². The zero-order valence-electron chi connectivity index (χ0n) is 12.2. The fourth-order valence-corrected chi connectivity index (χ4v) is 3.32. The molecule has 0 aliphatic heterocycles. The van der Waals surface area contributed by atoms with Crippen molar-refractivity contribution in [3.63, 3.8) is 0 Å². The number of aryl methyl sites for hydroxylation is 1. The van der Waals surface area contributed by atoms with Crippen molar-refractivity contribution in [1.82, 2.24) is 0 Å². The van der Waals surface area contributed by atoms with Gasteiger partial charge in [-0.3, -0.25) is 0 Å². The van der Waals surface area contributed by atoms with E-state index in [-0.39, 0.29) is 0 Å². The van der Waals surface area contributed by atoms with Crippen molar-refractivity contribution in [3.05, 3.63) is 23.3 Å². The van der Waals surface area contributed by atoms with Crippen molar-refractivity contribution < 1.29 is 0 Å². The number of rotatable bonds is 3. The Kier molecular flexibility index (Phi) is 3.56. The maximum absolute atomic E-state index is 5.98. The van der Waals surface area contributed by atoms with Crippen molar-refractivity contribution >= 4 is 11.4 Å². The van der Waals surface area contributed by atoms with Gasteiger partial charge in [0.05, 0.1) is 0 Å². The van der Waals surface area contributed by atoms with Gasteiger partial charge in [0.15, 0.2) is 0 Å². The van der Waals surface area contributed by atoms with E-state index in [1.54, 1.807) is 0 Å². The van der Waals surface area contributed by atoms with Crippen LogP contribution in [-0.4, -0.2) is 6.54 Å². The second kappa shape index (κ2) is 4.83. The van der Waals surface area contributed by atoms with Crippen molar-refractivity contribution in [2.45, 2.75) is 34.6 Å². The minimum Gasteiger partial charge on any atom is -0.398 e. The van der Waals surface area contributed by atoms with E-state index in [0.29, 0.717) is 0 Å². The maximum Gasteiger partial charge on any atom is 0.0420 e. The molecule has 1 fully saturated rings. The third kappa shape index (κ3) is 2.09. The van der Waals surface area contributed by atoms with Crippen LogP contribution in [0.5, 0.6) is 0 Å². The average molecular weight is 246 g/mol. The molecule has 0 spiro atoms. The van der Waals surface area contributed by atoms with Crippen molar-refractivity contribution in [2.75, 3.05) is 17.6 Å². The predicted molar refractivity (Wildman–Crippen MR) is 79.8 cm³/mol. The molecule has 2 atom stereocenters. The van der Waals surface area contributed by atoms with E-state index in [4.69, 9.17) is 5.73 Å². The molecule has 0 bridgehead atoms. The molecule has 1 aromatic rings. The molecular formula is C16H26N2. The molecule has 1 aliphatic rings. The fourth-order valence-electron chi connectivity index (χ4n) is 3.32. The van der Waals surface area contributed by atoms with E-state index in [9.17, 15) is 0 Å². The van der Waals surface area contributed by atoms with Gasteiger partial charge >= 0.3 is 0 Å². The molecule has 0 radical (unpaired) electrons. The molecule has 18 heavy (non-hydrogen) atoms.